The smallest absolute Gasteiger partial charge is 0.286 e. The van der Waals surface area contributed by atoms with Gasteiger partial charge in [-0.25, -0.2) is 4.68 Å². The minimum atomic E-state index is -4.21. The summed E-state index contributed by atoms with van der Waals surface area (Å²) in [6, 6.07) is 9.51. The van der Waals surface area contributed by atoms with Gasteiger partial charge in [0.15, 0.2) is 11.6 Å². The van der Waals surface area contributed by atoms with Crippen molar-refractivity contribution in [3.63, 3.8) is 0 Å². The van der Waals surface area contributed by atoms with Crippen molar-refractivity contribution < 1.29 is 13.5 Å². The average molecular weight is 470 g/mol. The first kappa shape index (κ1) is 21.7. The van der Waals surface area contributed by atoms with Crippen LogP contribution in [-0.2, 0) is 16.6 Å². The second-order valence-corrected chi connectivity index (χ2v) is 10.1. The monoisotopic (exact) mass is 469 g/mol. The van der Waals surface area contributed by atoms with Crippen molar-refractivity contribution in [1.29, 1.82) is 5.26 Å². The van der Waals surface area contributed by atoms with Crippen molar-refractivity contribution >= 4 is 32.9 Å². The van der Waals surface area contributed by atoms with E-state index in [2.05, 4.69) is 14.8 Å². The first-order chi connectivity index (χ1) is 15.2. The summed E-state index contributed by atoms with van der Waals surface area (Å²) in [6.07, 6.45) is 0.666. The molecule has 0 bridgehead atoms. The Morgan fingerprint density at radius 3 is 2.75 bits per heavy atom. The number of amidine groups is 1. The Balaban J connectivity index is 1.92. The number of aromatic nitrogens is 2. The maximum absolute atomic E-state index is 13.2. The Labute approximate surface area is 188 Å². The molecule has 0 spiro atoms. The van der Waals surface area contributed by atoms with Gasteiger partial charge in [0, 0.05) is 6.54 Å². The van der Waals surface area contributed by atoms with E-state index in [1.807, 2.05) is 25.3 Å². The molecule has 0 radical (unpaired) electrons. The lowest BCUT2D eigenvalue weighted by Crippen LogP contribution is -2.34. The van der Waals surface area contributed by atoms with Gasteiger partial charge in [-0.05, 0) is 42.0 Å². The standard InChI is InChI=1S/C21H19N5O4S2/c1-12(2)7-8-26-21(28)17(19(27)18(24-26)15-4-3-9-31-15)20-23-14-6-5-13(11-22)10-16(14)32(29,30)25-20/h3-6,9-10,12,27H,7-8H2,1-2H3,(H,23,25). The third-order valence-electron chi connectivity index (χ3n) is 4.89. The molecule has 2 aromatic heterocycles. The van der Waals surface area contributed by atoms with E-state index >= 15 is 0 Å². The Morgan fingerprint density at radius 1 is 1.31 bits per heavy atom. The average Bonchev–Trinajstić information content (AvgIpc) is 3.27. The number of aromatic hydroxyl groups is 1. The lowest BCUT2D eigenvalue weighted by atomic mass is 10.1. The highest BCUT2D eigenvalue weighted by atomic mass is 32.2. The van der Waals surface area contributed by atoms with Crippen LogP contribution in [0.15, 0.2) is 49.8 Å². The second kappa shape index (κ2) is 8.22. The van der Waals surface area contributed by atoms with Crippen LogP contribution in [0.25, 0.3) is 10.6 Å². The first-order valence-electron chi connectivity index (χ1n) is 9.75. The highest BCUT2D eigenvalue weighted by molar-refractivity contribution is 7.90. The number of nitriles is 1. The Morgan fingerprint density at radius 2 is 2.09 bits per heavy atom. The molecule has 11 heteroatoms. The van der Waals surface area contributed by atoms with Crippen LogP contribution < -0.4 is 10.9 Å². The Bertz CT molecular complexity index is 1430. The lowest BCUT2D eigenvalue weighted by molar-refractivity contribution is 0.444. The molecule has 164 valence electrons. The lowest BCUT2D eigenvalue weighted by Gasteiger charge is -2.20. The number of hydrogen-bond acceptors (Lipinski definition) is 8. The van der Waals surface area contributed by atoms with Crippen LogP contribution in [0.2, 0.25) is 0 Å². The van der Waals surface area contributed by atoms with E-state index < -0.39 is 21.3 Å². The molecule has 32 heavy (non-hydrogen) atoms. The van der Waals surface area contributed by atoms with Crippen LogP contribution >= 0.6 is 11.3 Å². The summed E-state index contributed by atoms with van der Waals surface area (Å²) in [5.74, 6) is -0.433. The number of benzene rings is 1. The van der Waals surface area contributed by atoms with Gasteiger partial charge in [0.05, 0.1) is 22.2 Å². The van der Waals surface area contributed by atoms with E-state index in [0.29, 0.717) is 23.8 Å². The van der Waals surface area contributed by atoms with Crippen LogP contribution in [0.1, 0.15) is 31.4 Å². The molecule has 0 fully saturated rings. The van der Waals surface area contributed by atoms with Crippen molar-refractivity contribution in [3.05, 3.63) is 57.2 Å². The molecular weight excluding hydrogens is 450 g/mol. The van der Waals surface area contributed by atoms with Crippen molar-refractivity contribution in [2.24, 2.45) is 10.3 Å². The zero-order valence-electron chi connectivity index (χ0n) is 17.2. The van der Waals surface area contributed by atoms with Crippen LogP contribution in [0, 0.1) is 17.2 Å². The molecule has 9 nitrogen and oxygen atoms in total. The predicted octanol–water partition coefficient (Wildman–Crippen LogP) is 3.16. The van der Waals surface area contributed by atoms with E-state index in [-0.39, 0.29) is 33.2 Å². The van der Waals surface area contributed by atoms with Gasteiger partial charge in [0.25, 0.3) is 15.6 Å². The van der Waals surface area contributed by atoms with Crippen molar-refractivity contribution in [2.75, 3.05) is 5.32 Å². The molecule has 0 amide bonds. The third-order valence-corrected chi connectivity index (χ3v) is 7.09. The minimum Gasteiger partial charge on any atom is -0.505 e. The number of thiophene rings is 1. The van der Waals surface area contributed by atoms with Crippen molar-refractivity contribution in [3.8, 4) is 22.4 Å². The third kappa shape index (κ3) is 3.90. The number of hydrogen-bond donors (Lipinski definition) is 2. The van der Waals surface area contributed by atoms with E-state index in [1.54, 1.807) is 12.1 Å². The molecule has 3 heterocycles. The number of fused-ring (bicyclic) bond motifs is 1. The van der Waals surface area contributed by atoms with Crippen molar-refractivity contribution in [1.82, 2.24) is 9.78 Å². The fraction of sp³-hybridized carbons (Fsp3) is 0.238. The van der Waals surface area contributed by atoms with Gasteiger partial charge in [-0.2, -0.15) is 18.8 Å². The zero-order valence-corrected chi connectivity index (χ0v) is 18.9. The molecule has 0 saturated heterocycles. The van der Waals surface area contributed by atoms with Gasteiger partial charge in [-0.15, -0.1) is 15.7 Å². The van der Waals surface area contributed by atoms with Gasteiger partial charge >= 0.3 is 0 Å². The Kier molecular flexibility index (Phi) is 5.58. The van der Waals surface area contributed by atoms with Gasteiger partial charge in [-0.1, -0.05) is 19.9 Å². The number of rotatable bonds is 5. The minimum absolute atomic E-state index is 0.163. The fourth-order valence-electron chi connectivity index (χ4n) is 3.22. The molecule has 4 rings (SSSR count). The Hall–Kier alpha value is -3.49. The quantitative estimate of drug-likeness (QED) is 0.585. The van der Waals surface area contributed by atoms with Crippen LogP contribution in [0.5, 0.6) is 5.75 Å². The summed E-state index contributed by atoms with van der Waals surface area (Å²) < 4.78 is 30.6. The molecule has 2 N–H and O–H groups in total. The van der Waals surface area contributed by atoms with E-state index in [0.717, 1.165) is 0 Å². The SMILES string of the molecule is CC(C)CCn1nc(-c2cccs2)c(O)c(C2=NS(=O)(=O)c3cc(C#N)ccc3N2)c1=O. The van der Waals surface area contributed by atoms with Gasteiger partial charge < -0.3 is 10.4 Å². The fourth-order valence-corrected chi connectivity index (χ4v) is 5.08. The highest BCUT2D eigenvalue weighted by Gasteiger charge is 2.31. The molecule has 1 aromatic carbocycles. The maximum atomic E-state index is 13.2. The van der Waals surface area contributed by atoms with Gasteiger partial charge in [-0.3, -0.25) is 4.79 Å². The summed E-state index contributed by atoms with van der Waals surface area (Å²) >= 11 is 1.33. The largest absolute Gasteiger partial charge is 0.505 e. The summed E-state index contributed by atoms with van der Waals surface area (Å²) in [4.78, 5) is 13.7. The number of aryl methyl sites for hydroxylation is 1. The topological polar surface area (TPSA) is 137 Å². The summed E-state index contributed by atoms with van der Waals surface area (Å²) in [7, 11) is -4.21. The van der Waals surface area contributed by atoms with Crippen molar-refractivity contribution in [2.45, 2.75) is 31.7 Å². The number of anilines is 1. The highest BCUT2D eigenvalue weighted by Crippen LogP contribution is 2.35. The molecular formula is C21H19N5O4S2. The first-order valence-corrected chi connectivity index (χ1v) is 12.1. The number of sulfonamides is 1. The van der Waals surface area contributed by atoms with Crippen LogP contribution in [0.4, 0.5) is 5.69 Å². The van der Waals surface area contributed by atoms with E-state index in [9.17, 15) is 18.3 Å². The molecule has 3 aromatic rings. The van der Waals surface area contributed by atoms with Crippen LogP contribution in [-0.4, -0.2) is 29.1 Å². The van der Waals surface area contributed by atoms with Gasteiger partial charge in [0.2, 0.25) is 0 Å². The molecule has 0 aliphatic carbocycles. The maximum Gasteiger partial charge on any atom is 0.286 e. The predicted molar refractivity (Wildman–Crippen MR) is 121 cm³/mol. The van der Waals surface area contributed by atoms with E-state index in [1.165, 1.54) is 34.2 Å². The van der Waals surface area contributed by atoms with E-state index in [4.69, 9.17) is 5.26 Å². The van der Waals surface area contributed by atoms with Crippen LogP contribution in [0.3, 0.4) is 0 Å². The number of nitrogens with one attached hydrogen (secondary N) is 1. The number of nitrogens with zero attached hydrogens (tertiary/aromatic N) is 4. The molecule has 1 aliphatic heterocycles. The normalized spacial score (nSPS) is 14.4. The second-order valence-electron chi connectivity index (χ2n) is 7.62. The summed E-state index contributed by atoms with van der Waals surface area (Å²) in [6.45, 7) is 4.32. The molecule has 0 saturated carbocycles. The molecule has 1 aliphatic rings. The summed E-state index contributed by atoms with van der Waals surface area (Å²) in [5.41, 5.74) is -0.426. The molecule has 0 unspecified atom stereocenters. The summed E-state index contributed by atoms with van der Waals surface area (Å²) in [5, 5.41) is 29.0. The zero-order chi connectivity index (χ0) is 23.0. The van der Waals surface area contributed by atoms with Gasteiger partial charge in [0.1, 0.15) is 16.2 Å². The molecule has 0 atom stereocenters.